The number of nitrogens with zero attached hydrogens (tertiary/aromatic N) is 1. The number of hydrogen-bond donors (Lipinski definition) is 0. The number of carbonyl (C=O) groups excluding carboxylic acids is 1. The Labute approximate surface area is 136 Å². The van der Waals surface area contributed by atoms with Crippen molar-refractivity contribution in [1.82, 2.24) is 0 Å². The molecule has 3 aromatic rings. The maximum Gasteiger partial charge on any atom is 0.150 e. The molecule has 0 bridgehead atoms. The van der Waals surface area contributed by atoms with Crippen LogP contribution in [-0.4, -0.2) is 6.29 Å². The summed E-state index contributed by atoms with van der Waals surface area (Å²) in [5, 5.41) is 0. The monoisotopic (exact) mass is 299 g/mol. The standard InChI is InChI=1S/C21H17NO/c23-15-16-10-13-21-18(14-16)12-11-17-6-4-5-9-20(17)22(21)19-7-2-1-3-8-19/h1-10,13-15H,11-12H2. The van der Waals surface area contributed by atoms with Crippen molar-refractivity contribution >= 4 is 23.3 Å². The van der Waals surface area contributed by atoms with Crippen LogP contribution in [0.25, 0.3) is 0 Å². The average Bonchev–Trinajstić information content (AvgIpc) is 2.78. The predicted octanol–water partition coefficient (Wildman–Crippen LogP) is 5.07. The molecule has 0 fully saturated rings. The van der Waals surface area contributed by atoms with Crippen molar-refractivity contribution in [3.63, 3.8) is 0 Å². The Morgan fingerprint density at radius 2 is 1.43 bits per heavy atom. The molecule has 0 radical (unpaired) electrons. The zero-order valence-corrected chi connectivity index (χ0v) is 12.8. The van der Waals surface area contributed by atoms with Crippen molar-refractivity contribution in [2.24, 2.45) is 0 Å². The van der Waals surface area contributed by atoms with Crippen LogP contribution in [0.3, 0.4) is 0 Å². The van der Waals surface area contributed by atoms with Crippen molar-refractivity contribution in [2.75, 3.05) is 4.90 Å². The third-order valence-corrected chi connectivity index (χ3v) is 4.39. The number of para-hydroxylation sites is 2. The highest BCUT2D eigenvalue weighted by Gasteiger charge is 2.21. The van der Waals surface area contributed by atoms with Gasteiger partial charge in [0, 0.05) is 22.6 Å². The second-order valence-corrected chi connectivity index (χ2v) is 5.81. The minimum Gasteiger partial charge on any atom is -0.310 e. The van der Waals surface area contributed by atoms with Crippen molar-refractivity contribution in [2.45, 2.75) is 12.8 Å². The van der Waals surface area contributed by atoms with Crippen LogP contribution >= 0.6 is 0 Å². The van der Waals surface area contributed by atoms with E-state index in [2.05, 4.69) is 59.5 Å². The smallest absolute Gasteiger partial charge is 0.150 e. The number of hydrogen-bond acceptors (Lipinski definition) is 2. The second kappa shape index (κ2) is 5.73. The Morgan fingerprint density at radius 3 is 2.26 bits per heavy atom. The molecule has 4 rings (SSSR count). The fraction of sp³-hybridized carbons (Fsp3) is 0.0952. The Balaban J connectivity index is 1.97. The summed E-state index contributed by atoms with van der Waals surface area (Å²) >= 11 is 0. The molecule has 3 aromatic carbocycles. The highest BCUT2D eigenvalue weighted by molar-refractivity contribution is 5.84. The minimum atomic E-state index is 0.739. The van der Waals surface area contributed by atoms with E-state index in [0.29, 0.717) is 0 Å². The maximum absolute atomic E-state index is 11.1. The summed E-state index contributed by atoms with van der Waals surface area (Å²) in [6.45, 7) is 0. The topological polar surface area (TPSA) is 20.3 Å². The molecule has 0 unspecified atom stereocenters. The number of rotatable bonds is 2. The lowest BCUT2D eigenvalue weighted by Gasteiger charge is -2.27. The average molecular weight is 299 g/mol. The number of aryl methyl sites for hydroxylation is 2. The van der Waals surface area contributed by atoms with E-state index >= 15 is 0 Å². The maximum atomic E-state index is 11.1. The van der Waals surface area contributed by atoms with E-state index in [9.17, 15) is 4.79 Å². The fourth-order valence-electron chi connectivity index (χ4n) is 3.29. The summed E-state index contributed by atoms with van der Waals surface area (Å²) in [7, 11) is 0. The number of aldehydes is 1. The van der Waals surface area contributed by atoms with E-state index in [1.54, 1.807) is 0 Å². The molecule has 0 aromatic heterocycles. The first-order valence-corrected chi connectivity index (χ1v) is 7.88. The Morgan fingerprint density at radius 1 is 0.739 bits per heavy atom. The number of anilines is 3. The largest absolute Gasteiger partial charge is 0.310 e. The van der Waals surface area contributed by atoms with Gasteiger partial charge in [0.25, 0.3) is 0 Å². The lowest BCUT2D eigenvalue weighted by Crippen LogP contribution is -2.11. The molecule has 0 N–H and O–H groups in total. The normalized spacial score (nSPS) is 13.0. The van der Waals surface area contributed by atoms with Gasteiger partial charge in [-0.2, -0.15) is 0 Å². The predicted molar refractivity (Wildman–Crippen MR) is 93.9 cm³/mol. The van der Waals surface area contributed by atoms with Crippen molar-refractivity contribution < 1.29 is 4.79 Å². The highest BCUT2D eigenvalue weighted by Crippen LogP contribution is 2.41. The van der Waals surface area contributed by atoms with Crippen LogP contribution in [0.5, 0.6) is 0 Å². The van der Waals surface area contributed by atoms with Gasteiger partial charge in [0.05, 0.1) is 0 Å². The molecule has 1 heterocycles. The SMILES string of the molecule is O=Cc1ccc2c(c1)CCc1ccccc1N2c1ccccc1. The van der Waals surface area contributed by atoms with Crippen LogP contribution in [0.15, 0.2) is 72.8 Å². The van der Waals surface area contributed by atoms with Gasteiger partial charge in [-0.3, -0.25) is 4.79 Å². The summed E-state index contributed by atoms with van der Waals surface area (Å²) < 4.78 is 0. The molecular weight excluding hydrogens is 282 g/mol. The van der Waals surface area contributed by atoms with Gasteiger partial charge in [0.2, 0.25) is 0 Å². The van der Waals surface area contributed by atoms with Gasteiger partial charge in [0.15, 0.2) is 0 Å². The molecule has 2 heteroatoms. The zero-order chi connectivity index (χ0) is 15.6. The lowest BCUT2D eigenvalue weighted by molar-refractivity contribution is 0.112. The van der Waals surface area contributed by atoms with E-state index in [0.717, 1.165) is 36.1 Å². The van der Waals surface area contributed by atoms with Crippen LogP contribution in [-0.2, 0) is 12.8 Å². The number of carbonyl (C=O) groups is 1. The van der Waals surface area contributed by atoms with E-state index in [4.69, 9.17) is 0 Å². The van der Waals surface area contributed by atoms with Crippen molar-refractivity contribution in [3.8, 4) is 0 Å². The quantitative estimate of drug-likeness (QED) is 0.616. The van der Waals surface area contributed by atoms with Gasteiger partial charge in [-0.15, -0.1) is 0 Å². The Bertz CT molecular complexity index is 855. The van der Waals surface area contributed by atoms with Crippen LogP contribution in [0, 0.1) is 0 Å². The summed E-state index contributed by atoms with van der Waals surface area (Å²) in [5.41, 5.74) is 6.81. The van der Waals surface area contributed by atoms with E-state index in [1.165, 1.54) is 16.8 Å². The van der Waals surface area contributed by atoms with Crippen LogP contribution in [0.1, 0.15) is 21.5 Å². The summed E-state index contributed by atoms with van der Waals surface area (Å²) in [4.78, 5) is 13.4. The Kier molecular flexibility index (Phi) is 3.43. The molecule has 2 nitrogen and oxygen atoms in total. The molecule has 112 valence electrons. The number of benzene rings is 3. The van der Waals surface area contributed by atoms with E-state index in [-0.39, 0.29) is 0 Å². The molecule has 0 saturated heterocycles. The fourth-order valence-corrected chi connectivity index (χ4v) is 3.29. The van der Waals surface area contributed by atoms with Gasteiger partial charge in [0.1, 0.15) is 6.29 Å². The van der Waals surface area contributed by atoms with Gasteiger partial charge in [-0.25, -0.2) is 0 Å². The molecule has 0 saturated carbocycles. The highest BCUT2D eigenvalue weighted by atomic mass is 16.1. The van der Waals surface area contributed by atoms with Gasteiger partial charge in [-0.05, 0) is 60.4 Å². The van der Waals surface area contributed by atoms with Gasteiger partial charge < -0.3 is 4.90 Å². The zero-order valence-electron chi connectivity index (χ0n) is 12.8. The first-order chi connectivity index (χ1) is 11.4. The third-order valence-electron chi connectivity index (χ3n) is 4.39. The second-order valence-electron chi connectivity index (χ2n) is 5.81. The summed E-state index contributed by atoms with van der Waals surface area (Å²) in [6.07, 6.45) is 2.84. The molecule has 1 aliphatic heterocycles. The molecule has 23 heavy (non-hydrogen) atoms. The lowest BCUT2D eigenvalue weighted by atomic mass is 10.0. The van der Waals surface area contributed by atoms with Crippen LogP contribution < -0.4 is 4.90 Å². The van der Waals surface area contributed by atoms with E-state index in [1.807, 2.05) is 18.2 Å². The molecule has 0 amide bonds. The Hall–Kier alpha value is -2.87. The van der Waals surface area contributed by atoms with Crippen LogP contribution in [0.2, 0.25) is 0 Å². The first-order valence-electron chi connectivity index (χ1n) is 7.88. The molecular formula is C21H17NO. The molecule has 0 spiro atoms. The minimum absolute atomic E-state index is 0.739. The van der Waals surface area contributed by atoms with Gasteiger partial charge >= 0.3 is 0 Å². The van der Waals surface area contributed by atoms with Gasteiger partial charge in [-0.1, -0.05) is 36.4 Å². The van der Waals surface area contributed by atoms with Crippen LogP contribution in [0.4, 0.5) is 17.1 Å². The summed E-state index contributed by atoms with van der Waals surface area (Å²) in [5.74, 6) is 0. The number of fused-ring (bicyclic) bond motifs is 2. The summed E-state index contributed by atoms with van der Waals surface area (Å²) in [6, 6.07) is 24.9. The molecule has 0 aliphatic carbocycles. The third kappa shape index (κ3) is 2.42. The van der Waals surface area contributed by atoms with Crippen molar-refractivity contribution in [1.29, 1.82) is 0 Å². The molecule has 1 aliphatic rings. The van der Waals surface area contributed by atoms with Crippen molar-refractivity contribution in [3.05, 3.63) is 89.5 Å². The van der Waals surface area contributed by atoms with E-state index < -0.39 is 0 Å². The first kappa shape index (κ1) is 13.8. The molecule has 0 atom stereocenters.